The largest absolute Gasteiger partial charge is 0.504 e. The van der Waals surface area contributed by atoms with E-state index in [1.54, 1.807) is 23.5 Å². The fraction of sp³-hybridized carbons (Fsp3) is 0.385. The van der Waals surface area contributed by atoms with Crippen LogP contribution in [0.25, 0.3) is 0 Å². The van der Waals surface area contributed by atoms with Crippen LogP contribution in [-0.2, 0) is 13.0 Å². The Morgan fingerprint density at radius 1 is 1.40 bits per heavy atom. The van der Waals surface area contributed by atoms with Crippen molar-refractivity contribution in [3.8, 4) is 11.5 Å². The van der Waals surface area contributed by atoms with Crippen LogP contribution in [0.5, 0.6) is 11.5 Å². The summed E-state index contributed by atoms with van der Waals surface area (Å²) in [6.45, 7) is 2.70. The normalized spacial score (nSPS) is 10.6. The molecule has 0 spiro atoms. The summed E-state index contributed by atoms with van der Waals surface area (Å²) in [7, 11) is 1.53. The summed E-state index contributed by atoms with van der Waals surface area (Å²) in [6, 6.07) is 3.42. The van der Waals surface area contributed by atoms with Crippen LogP contribution in [0.15, 0.2) is 16.6 Å². The molecule has 2 aromatic rings. The fourth-order valence-electron chi connectivity index (χ4n) is 1.69. The van der Waals surface area contributed by atoms with Gasteiger partial charge in [-0.05, 0) is 24.1 Å². The zero-order valence-electron chi connectivity index (χ0n) is 11.3. The van der Waals surface area contributed by atoms with E-state index in [4.69, 9.17) is 4.74 Å². The summed E-state index contributed by atoms with van der Waals surface area (Å²) in [4.78, 5) is 0. The third-order valence-electron chi connectivity index (χ3n) is 2.71. The first kappa shape index (κ1) is 15.1. The van der Waals surface area contributed by atoms with Gasteiger partial charge in [-0.1, -0.05) is 34.2 Å². The molecule has 7 heteroatoms. The van der Waals surface area contributed by atoms with E-state index in [-0.39, 0.29) is 5.75 Å². The van der Waals surface area contributed by atoms with E-state index < -0.39 is 0 Å². The predicted molar refractivity (Wildman–Crippen MR) is 83.6 cm³/mol. The second-order valence-electron chi connectivity index (χ2n) is 4.22. The topological polar surface area (TPSA) is 67.3 Å². The first-order valence-corrected chi connectivity index (χ1v) is 7.86. The van der Waals surface area contributed by atoms with Gasteiger partial charge >= 0.3 is 0 Å². The number of aromatic hydroxyl groups is 1. The van der Waals surface area contributed by atoms with Crippen LogP contribution in [0.1, 0.15) is 23.9 Å². The number of anilines is 1. The molecule has 0 atom stereocenters. The minimum atomic E-state index is 0.115. The molecule has 108 valence electrons. The second-order valence-corrected chi connectivity index (χ2v) is 6.14. The molecule has 2 N–H and O–H groups in total. The molecule has 0 saturated heterocycles. The van der Waals surface area contributed by atoms with Crippen LogP contribution in [0.4, 0.5) is 5.13 Å². The van der Waals surface area contributed by atoms with E-state index in [0.717, 1.165) is 33.0 Å². The van der Waals surface area contributed by atoms with E-state index >= 15 is 0 Å². The lowest BCUT2D eigenvalue weighted by atomic mass is 10.2. The fourth-order valence-corrected chi connectivity index (χ4v) is 3.00. The molecule has 0 radical (unpaired) electrons. The standard InChI is InChI=1S/C13H16BrN3O2S/c1-3-4-12-16-17-13(20-12)15-7-8-5-11(19-2)10(18)6-9(8)14/h5-6,18H,3-4,7H2,1-2H3,(H,15,17). The summed E-state index contributed by atoms with van der Waals surface area (Å²) in [5.41, 5.74) is 0.979. The molecule has 2 rings (SSSR count). The second kappa shape index (κ2) is 6.90. The zero-order chi connectivity index (χ0) is 14.5. The summed E-state index contributed by atoms with van der Waals surface area (Å²) < 4.78 is 5.93. The van der Waals surface area contributed by atoms with Crippen LogP contribution in [0.2, 0.25) is 0 Å². The van der Waals surface area contributed by atoms with Crippen molar-refractivity contribution >= 4 is 32.4 Å². The van der Waals surface area contributed by atoms with Gasteiger partial charge in [0.25, 0.3) is 0 Å². The van der Waals surface area contributed by atoms with Crippen molar-refractivity contribution in [2.45, 2.75) is 26.3 Å². The van der Waals surface area contributed by atoms with Gasteiger partial charge in [-0.25, -0.2) is 0 Å². The Bertz CT molecular complexity index is 589. The van der Waals surface area contributed by atoms with Gasteiger partial charge in [0, 0.05) is 17.4 Å². The highest BCUT2D eigenvalue weighted by atomic mass is 79.9. The maximum atomic E-state index is 9.67. The van der Waals surface area contributed by atoms with Crippen molar-refractivity contribution in [3.05, 3.63) is 27.2 Å². The van der Waals surface area contributed by atoms with Gasteiger partial charge in [0.2, 0.25) is 5.13 Å². The van der Waals surface area contributed by atoms with Gasteiger partial charge in [0.1, 0.15) is 5.01 Å². The Balaban J connectivity index is 2.06. The third kappa shape index (κ3) is 3.61. The molecule has 0 fully saturated rings. The first-order chi connectivity index (χ1) is 9.63. The van der Waals surface area contributed by atoms with Crippen molar-refractivity contribution in [2.24, 2.45) is 0 Å². The molecule has 0 bridgehead atoms. The van der Waals surface area contributed by atoms with E-state index in [0.29, 0.717) is 12.3 Å². The molecule has 0 unspecified atom stereocenters. The van der Waals surface area contributed by atoms with Crippen molar-refractivity contribution in [1.82, 2.24) is 10.2 Å². The van der Waals surface area contributed by atoms with Crippen molar-refractivity contribution in [3.63, 3.8) is 0 Å². The number of aryl methyl sites for hydroxylation is 1. The number of halogens is 1. The number of phenols is 1. The number of hydrogen-bond donors (Lipinski definition) is 2. The number of aromatic nitrogens is 2. The molecular weight excluding hydrogens is 342 g/mol. The molecule has 1 aromatic carbocycles. The van der Waals surface area contributed by atoms with Crippen molar-refractivity contribution in [2.75, 3.05) is 12.4 Å². The Hall–Kier alpha value is -1.34. The molecule has 20 heavy (non-hydrogen) atoms. The molecular formula is C13H16BrN3O2S. The number of nitrogens with one attached hydrogen (secondary N) is 1. The van der Waals surface area contributed by atoms with E-state index in [2.05, 4.69) is 38.4 Å². The molecule has 0 amide bonds. The average Bonchev–Trinajstić information content (AvgIpc) is 2.86. The number of phenolic OH excluding ortho intramolecular Hbond substituents is 1. The monoisotopic (exact) mass is 357 g/mol. The lowest BCUT2D eigenvalue weighted by Gasteiger charge is -2.09. The minimum Gasteiger partial charge on any atom is -0.504 e. The van der Waals surface area contributed by atoms with Crippen LogP contribution in [0.3, 0.4) is 0 Å². The van der Waals surface area contributed by atoms with Crippen LogP contribution in [0, 0.1) is 0 Å². The number of nitrogens with zero attached hydrogens (tertiary/aromatic N) is 2. The third-order valence-corrected chi connectivity index (χ3v) is 4.39. The van der Waals surface area contributed by atoms with Crippen molar-refractivity contribution < 1.29 is 9.84 Å². The van der Waals surface area contributed by atoms with E-state index in [1.807, 2.05) is 0 Å². The minimum absolute atomic E-state index is 0.115. The summed E-state index contributed by atoms with van der Waals surface area (Å²) >= 11 is 4.99. The average molecular weight is 358 g/mol. The Labute approximate surface area is 130 Å². The predicted octanol–water partition coefficient (Wildman–Crippen LogP) is 3.58. The highest BCUT2D eigenvalue weighted by Crippen LogP contribution is 2.32. The number of methoxy groups -OCH3 is 1. The number of hydrogen-bond acceptors (Lipinski definition) is 6. The summed E-state index contributed by atoms with van der Waals surface area (Å²) in [5.74, 6) is 0.568. The molecule has 0 saturated carbocycles. The number of ether oxygens (including phenoxy) is 1. The maximum absolute atomic E-state index is 9.67. The van der Waals surface area contributed by atoms with Gasteiger partial charge in [-0.3, -0.25) is 0 Å². The van der Waals surface area contributed by atoms with Gasteiger partial charge in [-0.2, -0.15) is 0 Å². The number of rotatable bonds is 6. The summed E-state index contributed by atoms with van der Waals surface area (Å²) in [6.07, 6.45) is 2.02. The highest BCUT2D eigenvalue weighted by Gasteiger charge is 2.09. The quantitative estimate of drug-likeness (QED) is 0.826. The maximum Gasteiger partial charge on any atom is 0.205 e. The molecule has 1 aromatic heterocycles. The Kier molecular flexibility index (Phi) is 5.19. The van der Waals surface area contributed by atoms with Gasteiger partial charge < -0.3 is 15.2 Å². The van der Waals surface area contributed by atoms with Gasteiger partial charge in [-0.15, -0.1) is 10.2 Å². The molecule has 0 aliphatic carbocycles. The van der Waals surface area contributed by atoms with Crippen LogP contribution in [-0.4, -0.2) is 22.4 Å². The molecule has 1 heterocycles. The molecule has 0 aliphatic heterocycles. The van der Waals surface area contributed by atoms with E-state index in [1.165, 1.54) is 7.11 Å². The van der Waals surface area contributed by atoms with Crippen molar-refractivity contribution in [1.29, 1.82) is 0 Å². The lowest BCUT2D eigenvalue weighted by Crippen LogP contribution is -2.00. The molecule has 0 aliphatic rings. The summed E-state index contributed by atoms with van der Waals surface area (Å²) in [5, 5.41) is 23.0. The first-order valence-electron chi connectivity index (χ1n) is 6.25. The zero-order valence-corrected chi connectivity index (χ0v) is 13.7. The van der Waals surface area contributed by atoms with Gasteiger partial charge in [0.05, 0.1) is 7.11 Å². The van der Waals surface area contributed by atoms with E-state index in [9.17, 15) is 5.11 Å². The Morgan fingerprint density at radius 3 is 2.90 bits per heavy atom. The molecule has 5 nitrogen and oxygen atoms in total. The van der Waals surface area contributed by atoms with Gasteiger partial charge in [0.15, 0.2) is 11.5 Å². The highest BCUT2D eigenvalue weighted by molar-refractivity contribution is 9.10. The SMILES string of the molecule is CCCc1nnc(NCc2cc(OC)c(O)cc2Br)s1. The lowest BCUT2D eigenvalue weighted by molar-refractivity contribution is 0.372. The Morgan fingerprint density at radius 2 is 2.20 bits per heavy atom. The van der Waals surface area contributed by atoms with Crippen LogP contribution >= 0.6 is 27.3 Å². The van der Waals surface area contributed by atoms with Crippen LogP contribution < -0.4 is 10.1 Å². The number of benzene rings is 1. The smallest absolute Gasteiger partial charge is 0.205 e.